The largest absolute Gasteiger partial charge is 0.444 e. The summed E-state index contributed by atoms with van der Waals surface area (Å²) in [5, 5.41) is 19.5. The van der Waals surface area contributed by atoms with E-state index in [0.717, 1.165) is 31.1 Å². The highest BCUT2D eigenvalue weighted by molar-refractivity contribution is 6.01. The van der Waals surface area contributed by atoms with Gasteiger partial charge >= 0.3 is 6.09 Å². The van der Waals surface area contributed by atoms with Crippen LogP contribution in [-0.4, -0.2) is 118 Å². The van der Waals surface area contributed by atoms with E-state index in [0.29, 0.717) is 86.8 Å². The lowest BCUT2D eigenvalue weighted by Crippen LogP contribution is -2.58. The highest BCUT2D eigenvalue weighted by atomic mass is 19.1. The fraction of sp³-hybridized carbons (Fsp3) is 0.204. The summed E-state index contributed by atoms with van der Waals surface area (Å²) in [6, 6.07) is 20.1. The smallest absolute Gasteiger partial charge is 0.410 e. The number of fused-ring (bicyclic) bond motifs is 2. The minimum atomic E-state index is -0.531. The molecule has 6 aromatic heterocycles. The summed E-state index contributed by atoms with van der Waals surface area (Å²) in [4.78, 5) is 74.7. The van der Waals surface area contributed by atoms with Gasteiger partial charge < -0.3 is 46.4 Å². The average molecular weight is 1030 g/mol. The fourth-order valence-electron chi connectivity index (χ4n) is 8.05. The maximum absolute atomic E-state index is 15.1. The molecule has 0 radical (unpaired) electrons. The number of carbonyl (C=O) groups excluding carboxylic acids is 3. The van der Waals surface area contributed by atoms with Gasteiger partial charge in [0, 0.05) is 73.1 Å². The lowest BCUT2D eigenvalue weighted by atomic mass is 10.1. The Kier molecular flexibility index (Phi) is 15.0. The van der Waals surface area contributed by atoms with Gasteiger partial charge in [0.05, 0.1) is 69.4 Å². The Labute approximate surface area is 435 Å². The number of anilines is 8. The Balaban J connectivity index is 0.000000188. The summed E-state index contributed by atoms with van der Waals surface area (Å²) in [5.41, 5.74) is 3.49. The van der Waals surface area contributed by atoms with Gasteiger partial charge in [-0.05, 0) is 113 Å². The maximum Gasteiger partial charge on any atom is 0.410 e. The number of pyridine rings is 4. The van der Waals surface area contributed by atoms with Crippen molar-refractivity contribution in [3.63, 3.8) is 0 Å². The van der Waals surface area contributed by atoms with E-state index in [9.17, 15) is 18.8 Å². The third-order valence-electron chi connectivity index (χ3n) is 11.7. The predicted molar refractivity (Wildman–Crippen MR) is 288 cm³/mol. The second-order valence-corrected chi connectivity index (χ2v) is 18.8. The molecule has 76 heavy (non-hydrogen) atoms. The van der Waals surface area contributed by atoms with Gasteiger partial charge in [0.15, 0.2) is 0 Å². The van der Waals surface area contributed by atoms with E-state index in [1.165, 1.54) is 24.5 Å². The van der Waals surface area contributed by atoms with Gasteiger partial charge in [0.2, 0.25) is 23.7 Å². The van der Waals surface area contributed by atoms with Gasteiger partial charge in [0.25, 0.3) is 0 Å². The molecule has 2 aliphatic heterocycles. The van der Waals surface area contributed by atoms with E-state index in [1.807, 2.05) is 39.0 Å². The van der Waals surface area contributed by atoms with Gasteiger partial charge in [0.1, 0.15) is 28.9 Å². The molecule has 8 aromatic rings. The maximum atomic E-state index is 15.1. The molecular formula is C54H52F2N16O4. The number of halogens is 2. The number of hydrogen-bond donors (Lipinski definition) is 6. The van der Waals surface area contributed by atoms with Crippen LogP contribution in [0, 0.1) is 11.6 Å². The van der Waals surface area contributed by atoms with Crippen molar-refractivity contribution in [2.75, 3.05) is 65.1 Å². The number of hydrogen-bond acceptors (Lipinski definition) is 17. The highest BCUT2D eigenvalue weighted by Crippen LogP contribution is 2.33. The third kappa shape index (κ3) is 12.6. The van der Waals surface area contributed by atoms with Gasteiger partial charge in [-0.15, -0.1) is 0 Å². The van der Waals surface area contributed by atoms with Crippen molar-refractivity contribution in [2.45, 2.75) is 38.5 Å². The number of nitrogens with one attached hydrogen (secondary N) is 6. The first-order valence-corrected chi connectivity index (χ1v) is 23.9. The molecule has 2 fully saturated rings. The van der Waals surface area contributed by atoms with Crippen LogP contribution in [0.15, 0.2) is 135 Å². The zero-order valence-corrected chi connectivity index (χ0v) is 41.8. The number of rotatable bonds is 14. The number of likely N-dealkylation sites (tertiary alicyclic amines) is 2. The first-order chi connectivity index (χ1) is 36.6. The SMILES string of the molecule is C=CC(=O)Nc1ccnc(-c2c(F)ccc3cnc(Nc4ccc(NC5CN(C(=O)OC(C)(C)C)C5)nc4)nc23)c1.C=CC(=O)Nc1ccnc(-c2c(F)ccc3cnc(Nc4ccc(NC5CN(C)C5)nc4)nc23)c1. The third-order valence-corrected chi connectivity index (χ3v) is 11.7. The fourth-order valence-corrected chi connectivity index (χ4v) is 8.05. The molecule has 0 aliphatic carbocycles. The van der Waals surface area contributed by atoms with Crippen LogP contribution in [0.1, 0.15) is 20.8 Å². The standard InChI is InChI=1S/C29H29FN8O3.C25H23FN8O/c1-5-24(39)35-18-10-11-31-22(12-18)25-21(30)8-6-17-13-33-27(37-26(17)25)36-19-7-9-23(32-14-19)34-20-15-38(16-20)28(40)41-29(2,3)4;1-3-22(35)31-16-8-9-27-20(10-16)23-19(26)6-4-15-11-29-25(33-24(15)23)32-17-5-7-21(28-12-17)30-18-13-34(2)14-18/h5-14,20H,1,15-16H2,2-4H3,(H,32,34)(H,31,35,39)(H,33,36,37);3-12,18H,1,13-14H2,2H3,(H,28,30)(H,27,31,35)(H,29,32,33). The molecule has 386 valence electrons. The van der Waals surface area contributed by atoms with Gasteiger partial charge in [-0.25, -0.2) is 43.5 Å². The number of benzene rings is 2. The van der Waals surface area contributed by atoms with Gasteiger partial charge in [-0.3, -0.25) is 19.6 Å². The van der Waals surface area contributed by atoms with Crippen molar-refractivity contribution in [1.29, 1.82) is 0 Å². The average Bonchev–Trinajstić information content (AvgIpc) is 3.37. The van der Waals surface area contributed by atoms with Crippen molar-refractivity contribution < 1.29 is 27.9 Å². The molecule has 10 rings (SSSR count). The molecule has 20 nitrogen and oxygen atoms in total. The summed E-state index contributed by atoms with van der Waals surface area (Å²) in [6.07, 6.45) is 11.5. The van der Waals surface area contributed by atoms with Gasteiger partial charge in [-0.1, -0.05) is 13.2 Å². The van der Waals surface area contributed by atoms with E-state index in [-0.39, 0.29) is 41.0 Å². The monoisotopic (exact) mass is 1030 g/mol. The first kappa shape index (κ1) is 51.3. The summed E-state index contributed by atoms with van der Waals surface area (Å²) in [5.74, 6) is 0.234. The Morgan fingerprint density at radius 2 is 1.07 bits per heavy atom. The van der Waals surface area contributed by atoms with Crippen LogP contribution in [0.2, 0.25) is 0 Å². The number of likely N-dealkylation sites (N-methyl/N-ethyl adjacent to an activating group) is 1. The van der Waals surface area contributed by atoms with E-state index >= 15 is 4.39 Å². The molecule has 6 N–H and O–H groups in total. The van der Waals surface area contributed by atoms with Crippen molar-refractivity contribution >= 4 is 86.0 Å². The zero-order valence-electron chi connectivity index (χ0n) is 41.8. The predicted octanol–water partition coefficient (Wildman–Crippen LogP) is 8.95. The van der Waals surface area contributed by atoms with E-state index in [2.05, 4.69) is 96.9 Å². The minimum absolute atomic E-state index is 0.0724. The molecule has 0 bridgehead atoms. The summed E-state index contributed by atoms with van der Waals surface area (Å²) < 4.78 is 35.4. The quantitative estimate of drug-likeness (QED) is 0.0557. The van der Waals surface area contributed by atoms with Crippen molar-refractivity contribution in [3.8, 4) is 22.5 Å². The molecule has 2 saturated heterocycles. The highest BCUT2D eigenvalue weighted by Gasteiger charge is 2.34. The lowest BCUT2D eigenvalue weighted by Gasteiger charge is -2.40. The van der Waals surface area contributed by atoms with Crippen LogP contribution >= 0.6 is 0 Å². The molecular weight excluding hydrogens is 975 g/mol. The number of ether oxygens (including phenoxy) is 1. The van der Waals surface area contributed by atoms with E-state index in [4.69, 9.17) is 4.74 Å². The topological polar surface area (TPSA) is 242 Å². The van der Waals surface area contributed by atoms with E-state index < -0.39 is 17.2 Å². The number of amides is 3. The lowest BCUT2D eigenvalue weighted by molar-refractivity contribution is -0.112. The van der Waals surface area contributed by atoms with Crippen LogP contribution in [0.25, 0.3) is 44.3 Å². The summed E-state index contributed by atoms with van der Waals surface area (Å²) in [6.45, 7) is 15.4. The number of aromatic nitrogens is 8. The van der Waals surface area contributed by atoms with Crippen LogP contribution in [-0.2, 0) is 14.3 Å². The van der Waals surface area contributed by atoms with Crippen LogP contribution in [0.4, 0.5) is 59.9 Å². The Morgan fingerprint density at radius 3 is 1.47 bits per heavy atom. The Morgan fingerprint density at radius 1 is 0.605 bits per heavy atom. The Hall–Kier alpha value is -9.57. The minimum Gasteiger partial charge on any atom is -0.444 e. The molecule has 0 saturated carbocycles. The molecule has 2 aromatic carbocycles. The molecule has 2 aliphatic rings. The van der Waals surface area contributed by atoms with Gasteiger partial charge in [-0.2, -0.15) is 0 Å². The zero-order chi connectivity index (χ0) is 53.5. The number of carbonyl (C=O) groups is 3. The summed E-state index contributed by atoms with van der Waals surface area (Å²) in [7, 11) is 2.08. The molecule has 22 heteroatoms. The Bertz CT molecular complexity index is 3480. The van der Waals surface area contributed by atoms with E-state index in [1.54, 1.807) is 72.2 Å². The van der Waals surface area contributed by atoms with Crippen LogP contribution in [0.3, 0.4) is 0 Å². The molecule has 8 heterocycles. The normalized spacial score (nSPS) is 13.5. The van der Waals surface area contributed by atoms with Crippen LogP contribution < -0.4 is 31.9 Å². The molecule has 3 amide bonds. The molecule has 0 unspecified atom stereocenters. The second kappa shape index (κ2) is 22.3. The second-order valence-electron chi connectivity index (χ2n) is 18.8. The van der Waals surface area contributed by atoms with Crippen molar-refractivity contribution in [1.82, 2.24) is 49.7 Å². The van der Waals surface area contributed by atoms with Crippen LogP contribution in [0.5, 0.6) is 0 Å². The molecule has 0 atom stereocenters. The summed E-state index contributed by atoms with van der Waals surface area (Å²) >= 11 is 0. The first-order valence-electron chi connectivity index (χ1n) is 23.9. The number of nitrogens with zero attached hydrogens (tertiary/aromatic N) is 10. The van der Waals surface area contributed by atoms with Crippen molar-refractivity contribution in [3.05, 3.63) is 147 Å². The van der Waals surface area contributed by atoms with Crippen molar-refractivity contribution in [2.24, 2.45) is 0 Å². The molecule has 0 spiro atoms.